The molecule has 4 amide bonds. The number of nitrogens with one attached hydrogen (secondary N) is 2. The van der Waals surface area contributed by atoms with Gasteiger partial charge in [-0.15, -0.1) is 0 Å². The molecule has 0 aliphatic carbocycles. The summed E-state index contributed by atoms with van der Waals surface area (Å²) in [7, 11) is 0. The van der Waals surface area contributed by atoms with Crippen molar-refractivity contribution in [3.05, 3.63) is 29.3 Å². The average Bonchev–Trinajstić information content (AvgIpc) is 2.83. The van der Waals surface area contributed by atoms with Crippen LogP contribution < -0.4 is 15.5 Å². The third kappa shape index (κ3) is 1.05. The highest BCUT2D eigenvalue weighted by Crippen LogP contribution is 2.45. The van der Waals surface area contributed by atoms with E-state index in [2.05, 4.69) is 10.6 Å². The molecule has 19 heavy (non-hydrogen) atoms. The fourth-order valence-corrected chi connectivity index (χ4v) is 3.27. The molecule has 3 heterocycles. The monoisotopic (exact) mass is 257 g/mol. The van der Waals surface area contributed by atoms with E-state index in [1.165, 1.54) is 0 Å². The molecule has 3 aliphatic heterocycles. The number of urea groups is 1. The second-order valence-corrected chi connectivity index (χ2v) is 5.03. The van der Waals surface area contributed by atoms with Crippen molar-refractivity contribution < 1.29 is 14.4 Å². The van der Waals surface area contributed by atoms with Crippen LogP contribution in [0.2, 0.25) is 0 Å². The maximum Gasteiger partial charge on any atom is 0.323 e. The van der Waals surface area contributed by atoms with Crippen molar-refractivity contribution in [2.75, 3.05) is 11.4 Å². The normalized spacial score (nSPS) is 27.6. The number of rotatable bonds is 0. The highest BCUT2D eigenvalue weighted by Gasteiger charge is 2.61. The lowest BCUT2D eigenvalue weighted by Crippen LogP contribution is -2.52. The van der Waals surface area contributed by atoms with Crippen LogP contribution in [0.4, 0.5) is 10.5 Å². The Morgan fingerprint density at radius 1 is 1.21 bits per heavy atom. The summed E-state index contributed by atoms with van der Waals surface area (Å²) in [6.45, 7) is 0.591. The Bertz CT molecular complexity index is 655. The Labute approximate surface area is 108 Å². The number of amides is 4. The minimum Gasteiger partial charge on any atom is -0.312 e. The van der Waals surface area contributed by atoms with Crippen molar-refractivity contribution in [1.29, 1.82) is 0 Å². The van der Waals surface area contributed by atoms with Gasteiger partial charge in [0.25, 0.3) is 11.8 Å². The second-order valence-electron chi connectivity index (χ2n) is 5.03. The van der Waals surface area contributed by atoms with E-state index in [-0.39, 0.29) is 5.91 Å². The predicted octanol–water partition coefficient (Wildman–Crippen LogP) is 0.0141. The molecule has 1 unspecified atom stereocenters. The Morgan fingerprint density at radius 2 is 2.05 bits per heavy atom. The lowest BCUT2D eigenvalue weighted by atomic mass is 9.90. The van der Waals surface area contributed by atoms with Crippen molar-refractivity contribution in [1.82, 2.24) is 10.6 Å². The zero-order valence-corrected chi connectivity index (χ0v) is 10.0. The number of carbonyl (C=O) groups is 3. The molecule has 0 aromatic heterocycles. The van der Waals surface area contributed by atoms with E-state index in [1.807, 2.05) is 12.1 Å². The highest BCUT2D eigenvalue weighted by molar-refractivity contribution is 6.28. The van der Waals surface area contributed by atoms with Gasteiger partial charge in [-0.1, -0.05) is 18.2 Å². The van der Waals surface area contributed by atoms with E-state index < -0.39 is 17.5 Å². The lowest BCUT2D eigenvalue weighted by Gasteiger charge is -2.25. The van der Waals surface area contributed by atoms with Gasteiger partial charge in [-0.05, 0) is 18.4 Å². The lowest BCUT2D eigenvalue weighted by molar-refractivity contribution is -0.133. The molecule has 2 N–H and O–H groups in total. The number of hydrogen-bond acceptors (Lipinski definition) is 3. The third-order valence-corrected chi connectivity index (χ3v) is 4.06. The largest absolute Gasteiger partial charge is 0.323 e. The van der Waals surface area contributed by atoms with Crippen LogP contribution in [0.15, 0.2) is 18.2 Å². The van der Waals surface area contributed by atoms with Gasteiger partial charge >= 0.3 is 6.03 Å². The summed E-state index contributed by atoms with van der Waals surface area (Å²) in [6.07, 6.45) is 1.76. The van der Waals surface area contributed by atoms with Crippen molar-refractivity contribution in [2.45, 2.75) is 18.4 Å². The summed E-state index contributed by atoms with van der Waals surface area (Å²) >= 11 is 0. The van der Waals surface area contributed by atoms with Gasteiger partial charge in [0.05, 0.1) is 5.69 Å². The summed E-state index contributed by atoms with van der Waals surface area (Å²) in [5, 5.41) is 4.68. The van der Waals surface area contributed by atoms with Gasteiger partial charge in [0.1, 0.15) is 0 Å². The summed E-state index contributed by atoms with van der Waals surface area (Å²) < 4.78 is 0. The van der Waals surface area contributed by atoms with Crippen LogP contribution in [0, 0.1) is 0 Å². The van der Waals surface area contributed by atoms with Crippen molar-refractivity contribution >= 4 is 23.5 Å². The summed E-state index contributed by atoms with van der Waals surface area (Å²) in [4.78, 5) is 37.8. The maximum absolute atomic E-state index is 12.6. The average molecular weight is 257 g/mol. The van der Waals surface area contributed by atoms with Crippen molar-refractivity contribution in [3.8, 4) is 0 Å². The first-order chi connectivity index (χ1) is 9.14. The van der Waals surface area contributed by atoms with Gasteiger partial charge in [0.2, 0.25) is 5.54 Å². The van der Waals surface area contributed by atoms with Gasteiger partial charge < -0.3 is 10.2 Å². The van der Waals surface area contributed by atoms with E-state index in [0.29, 0.717) is 12.1 Å². The second kappa shape index (κ2) is 3.14. The number of nitrogens with zero attached hydrogens (tertiary/aromatic N) is 1. The molecule has 96 valence electrons. The van der Waals surface area contributed by atoms with Crippen molar-refractivity contribution in [3.63, 3.8) is 0 Å². The maximum atomic E-state index is 12.6. The molecule has 3 aliphatic rings. The number of fused-ring (bicyclic) bond motifs is 1. The smallest absolute Gasteiger partial charge is 0.312 e. The predicted molar refractivity (Wildman–Crippen MR) is 65.5 cm³/mol. The van der Waals surface area contributed by atoms with Crippen LogP contribution >= 0.6 is 0 Å². The van der Waals surface area contributed by atoms with Gasteiger partial charge in [-0.25, -0.2) is 4.79 Å². The molecule has 6 heteroatoms. The number of hydrogen-bond donors (Lipinski definition) is 2. The number of para-hydroxylation sites is 1. The minimum atomic E-state index is -1.55. The van der Waals surface area contributed by atoms with Crippen LogP contribution in [0.5, 0.6) is 0 Å². The first kappa shape index (κ1) is 10.5. The number of carbonyl (C=O) groups excluding carboxylic acids is 3. The molecular weight excluding hydrogens is 246 g/mol. The number of imide groups is 1. The summed E-state index contributed by atoms with van der Waals surface area (Å²) in [5.74, 6) is -0.927. The quantitative estimate of drug-likeness (QED) is 0.508. The Morgan fingerprint density at radius 3 is 2.79 bits per heavy atom. The highest BCUT2D eigenvalue weighted by atomic mass is 16.2. The molecule has 0 saturated carbocycles. The van der Waals surface area contributed by atoms with Gasteiger partial charge in [-0.3, -0.25) is 14.9 Å². The molecule has 1 aromatic rings. The standard InChI is InChI=1S/C13H11N3O3/c17-10-13(15-12(19)14-10)8-5-1-3-7-4-2-6-16(9(7)8)11(13)18/h1,3,5H,2,4,6H2,(H2,14,15,17,19). The number of benzene rings is 1. The van der Waals surface area contributed by atoms with Crippen LogP contribution in [0.25, 0.3) is 0 Å². The molecular formula is C13H11N3O3. The third-order valence-electron chi connectivity index (χ3n) is 4.06. The van der Waals surface area contributed by atoms with Crippen LogP contribution in [-0.4, -0.2) is 24.4 Å². The molecule has 1 saturated heterocycles. The molecule has 0 radical (unpaired) electrons. The van der Waals surface area contributed by atoms with Gasteiger partial charge in [0.15, 0.2) is 0 Å². The number of aryl methyl sites for hydroxylation is 1. The topological polar surface area (TPSA) is 78.5 Å². The van der Waals surface area contributed by atoms with E-state index in [4.69, 9.17) is 0 Å². The Balaban J connectivity index is 2.03. The zero-order chi connectivity index (χ0) is 13.2. The van der Waals surface area contributed by atoms with Crippen LogP contribution in [0.3, 0.4) is 0 Å². The fourth-order valence-electron chi connectivity index (χ4n) is 3.27. The number of anilines is 1. The molecule has 4 rings (SSSR count). The van der Waals surface area contributed by atoms with E-state index in [1.54, 1.807) is 11.0 Å². The molecule has 1 spiro atoms. The van der Waals surface area contributed by atoms with E-state index >= 15 is 0 Å². The molecule has 6 nitrogen and oxygen atoms in total. The minimum absolute atomic E-state index is 0.349. The first-order valence-electron chi connectivity index (χ1n) is 6.22. The Kier molecular flexibility index (Phi) is 1.74. The van der Waals surface area contributed by atoms with Crippen LogP contribution in [0.1, 0.15) is 17.5 Å². The molecule has 1 atom stereocenters. The van der Waals surface area contributed by atoms with Gasteiger partial charge in [0, 0.05) is 12.1 Å². The van der Waals surface area contributed by atoms with Crippen LogP contribution in [-0.2, 0) is 21.5 Å². The Hall–Kier alpha value is -2.37. The van der Waals surface area contributed by atoms with Crippen molar-refractivity contribution in [2.24, 2.45) is 0 Å². The SMILES string of the molecule is O=C1NC(=O)C2(N1)C(=O)N1CCCc3cccc2c31. The van der Waals surface area contributed by atoms with E-state index in [9.17, 15) is 14.4 Å². The summed E-state index contributed by atoms with van der Waals surface area (Å²) in [5.41, 5.74) is 0.907. The molecule has 0 bridgehead atoms. The molecule has 1 aromatic carbocycles. The zero-order valence-electron chi connectivity index (χ0n) is 10.0. The van der Waals surface area contributed by atoms with Gasteiger partial charge in [-0.2, -0.15) is 0 Å². The first-order valence-corrected chi connectivity index (χ1v) is 6.22. The van der Waals surface area contributed by atoms with E-state index in [0.717, 1.165) is 24.1 Å². The fraction of sp³-hybridized carbons (Fsp3) is 0.308. The summed E-state index contributed by atoms with van der Waals surface area (Å²) in [6, 6.07) is 4.92. The molecule has 1 fully saturated rings.